The van der Waals surface area contributed by atoms with E-state index in [9.17, 15) is 9.59 Å². The first-order chi connectivity index (χ1) is 12.2. The van der Waals surface area contributed by atoms with E-state index < -0.39 is 0 Å². The molecule has 9 nitrogen and oxygen atoms in total. The van der Waals surface area contributed by atoms with E-state index in [0.717, 1.165) is 5.56 Å². The fraction of sp³-hybridized carbons (Fsp3) is 0.438. The molecule has 1 aliphatic rings. The van der Waals surface area contributed by atoms with Crippen molar-refractivity contribution >= 4 is 11.8 Å². The van der Waals surface area contributed by atoms with E-state index in [2.05, 4.69) is 25.7 Å². The maximum Gasteiger partial charge on any atom is 0.244 e. The molecule has 25 heavy (non-hydrogen) atoms. The van der Waals surface area contributed by atoms with Gasteiger partial charge in [0.1, 0.15) is 12.9 Å². The van der Waals surface area contributed by atoms with Crippen molar-refractivity contribution in [3.8, 4) is 0 Å². The van der Waals surface area contributed by atoms with Crippen LogP contribution in [0.3, 0.4) is 0 Å². The molecule has 1 aliphatic heterocycles. The Hall–Kier alpha value is -2.81. The predicted octanol–water partition coefficient (Wildman–Crippen LogP) is -0.866. The SMILES string of the molecule is O=C(CN1CCN(C(=O)Cn2cnnn2)CC1)NCc1ccccc1. The Morgan fingerprint density at radius 2 is 1.80 bits per heavy atom. The number of hydrogen-bond acceptors (Lipinski definition) is 6. The molecular formula is C16H21N7O2. The highest BCUT2D eigenvalue weighted by atomic mass is 16.2. The fourth-order valence-corrected chi connectivity index (χ4v) is 2.70. The van der Waals surface area contributed by atoms with Gasteiger partial charge in [0.15, 0.2) is 0 Å². The summed E-state index contributed by atoms with van der Waals surface area (Å²) in [5, 5.41) is 13.6. The lowest BCUT2D eigenvalue weighted by Crippen LogP contribution is -2.51. The second-order valence-corrected chi connectivity index (χ2v) is 5.93. The molecule has 0 unspecified atom stereocenters. The van der Waals surface area contributed by atoms with Crippen LogP contribution >= 0.6 is 0 Å². The van der Waals surface area contributed by atoms with Gasteiger partial charge in [-0.25, -0.2) is 4.68 Å². The first-order valence-corrected chi connectivity index (χ1v) is 8.22. The van der Waals surface area contributed by atoms with E-state index in [-0.39, 0.29) is 18.4 Å². The number of nitrogens with zero attached hydrogens (tertiary/aromatic N) is 6. The van der Waals surface area contributed by atoms with Gasteiger partial charge in [-0.1, -0.05) is 30.3 Å². The number of hydrogen-bond donors (Lipinski definition) is 1. The number of rotatable bonds is 6. The quantitative estimate of drug-likeness (QED) is 0.733. The summed E-state index contributed by atoms with van der Waals surface area (Å²) in [5.74, 6) is -0.0159. The van der Waals surface area contributed by atoms with Gasteiger partial charge in [-0.05, 0) is 16.0 Å². The summed E-state index contributed by atoms with van der Waals surface area (Å²) in [5.41, 5.74) is 1.08. The number of nitrogens with one attached hydrogen (secondary N) is 1. The molecule has 9 heteroatoms. The van der Waals surface area contributed by atoms with Crippen LogP contribution in [0.15, 0.2) is 36.7 Å². The van der Waals surface area contributed by atoms with E-state index in [0.29, 0.717) is 39.3 Å². The van der Waals surface area contributed by atoms with Gasteiger partial charge in [0, 0.05) is 32.7 Å². The van der Waals surface area contributed by atoms with Crippen molar-refractivity contribution in [3.63, 3.8) is 0 Å². The van der Waals surface area contributed by atoms with E-state index in [4.69, 9.17) is 0 Å². The van der Waals surface area contributed by atoms with E-state index in [1.807, 2.05) is 30.3 Å². The highest BCUT2D eigenvalue weighted by Crippen LogP contribution is 2.03. The molecular weight excluding hydrogens is 322 g/mol. The third-order valence-corrected chi connectivity index (χ3v) is 4.11. The Morgan fingerprint density at radius 1 is 1.04 bits per heavy atom. The zero-order valence-corrected chi connectivity index (χ0v) is 13.9. The molecule has 0 radical (unpaired) electrons. The van der Waals surface area contributed by atoms with E-state index in [1.165, 1.54) is 11.0 Å². The number of piperazine rings is 1. The Morgan fingerprint density at radius 3 is 2.48 bits per heavy atom. The van der Waals surface area contributed by atoms with Gasteiger partial charge in [-0.3, -0.25) is 14.5 Å². The lowest BCUT2D eigenvalue weighted by atomic mass is 10.2. The highest BCUT2D eigenvalue weighted by Gasteiger charge is 2.22. The minimum Gasteiger partial charge on any atom is -0.351 e. The van der Waals surface area contributed by atoms with Gasteiger partial charge in [-0.2, -0.15) is 0 Å². The molecule has 3 rings (SSSR count). The Labute approximate surface area is 145 Å². The molecule has 2 aromatic rings. The zero-order chi connectivity index (χ0) is 17.5. The zero-order valence-electron chi connectivity index (χ0n) is 13.9. The first kappa shape index (κ1) is 17.0. The smallest absolute Gasteiger partial charge is 0.244 e. The molecule has 0 bridgehead atoms. The number of carbonyl (C=O) groups is 2. The van der Waals surface area contributed by atoms with Gasteiger partial charge < -0.3 is 10.2 Å². The summed E-state index contributed by atoms with van der Waals surface area (Å²) in [7, 11) is 0. The largest absolute Gasteiger partial charge is 0.351 e. The van der Waals surface area contributed by atoms with E-state index in [1.54, 1.807) is 4.90 Å². The molecule has 1 N–H and O–H groups in total. The van der Waals surface area contributed by atoms with Crippen molar-refractivity contribution in [2.75, 3.05) is 32.7 Å². The number of tetrazole rings is 1. The molecule has 1 fully saturated rings. The van der Waals surface area contributed by atoms with Gasteiger partial charge >= 0.3 is 0 Å². The summed E-state index contributed by atoms with van der Waals surface area (Å²) in [4.78, 5) is 28.1. The minimum atomic E-state index is -0.0134. The molecule has 132 valence electrons. The average Bonchev–Trinajstić information content (AvgIpc) is 3.14. The lowest BCUT2D eigenvalue weighted by Gasteiger charge is -2.34. The Bertz CT molecular complexity index is 682. The fourth-order valence-electron chi connectivity index (χ4n) is 2.70. The molecule has 1 saturated heterocycles. The van der Waals surface area contributed by atoms with Crippen molar-refractivity contribution in [1.82, 2.24) is 35.3 Å². The maximum absolute atomic E-state index is 12.2. The third kappa shape index (κ3) is 5.08. The van der Waals surface area contributed by atoms with Crippen LogP contribution in [-0.4, -0.2) is 74.5 Å². The molecule has 0 saturated carbocycles. The molecule has 0 spiro atoms. The highest BCUT2D eigenvalue weighted by molar-refractivity contribution is 5.78. The molecule has 1 aromatic carbocycles. The standard InChI is InChI=1S/C16H21N7O2/c24-15(17-10-14-4-2-1-3-5-14)11-21-6-8-22(9-7-21)16(25)12-23-13-18-19-20-23/h1-5,13H,6-12H2,(H,17,24). The summed E-state index contributed by atoms with van der Waals surface area (Å²) >= 11 is 0. The molecule has 2 heterocycles. The van der Waals surface area contributed by atoms with Crippen LogP contribution in [0.4, 0.5) is 0 Å². The second-order valence-electron chi connectivity index (χ2n) is 5.93. The van der Waals surface area contributed by atoms with Crippen molar-refractivity contribution in [2.45, 2.75) is 13.1 Å². The van der Waals surface area contributed by atoms with Gasteiger partial charge in [0.2, 0.25) is 11.8 Å². The van der Waals surface area contributed by atoms with Crippen LogP contribution in [0, 0.1) is 0 Å². The topological polar surface area (TPSA) is 96.3 Å². The normalized spacial score (nSPS) is 15.1. The lowest BCUT2D eigenvalue weighted by molar-refractivity contribution is -0.134. The number of aromatic nitrogens is 4. The molecule has 0 atom stereocenters. The Kier molecular flexibility index (Phi) is 5.68. The van der Waals surface area contributed by atoms with Crippen LogP contribution in [-0.2, 0) is 22.7 Å². The summed E-state index contributed by atoms with van der Waals surface area (Å²) in [6.45, 7) is 3.59. The monoisotopic (exact) mass is 343 g/mol. The van der Waals surface area contributed by atoms with Crippen LogP contribution in [0.5, 0.6) is 0 Å². The van der Waals surface area contributed by atoms with Crippen LogP contribution in [0.1, 0.15) is 5.56 Å². The second kappa shape index (κ2) is 8.34. The first-order valence-electron chi connectivity index (χ1n) is 8.22. The number of amides is 2. The van der Waals surface area contributed by atoms with Crippen molar-refractivity contribution in [2.24, 2.45) is 0 Å². The van der Waals surface area contributed by atoms with Crippen molar-refractivity contribution in [1.29, 1.82) is 0 Å². The summed E-state index contributed by atoms with van der Waals surface area (Å²) in [6, 6.07) is 9.82. The van der Waals surface area contributed by atoms with Crippen molar-refractivity contribution < 1.29 is 9.59 Å². The summed E-state index contributed by atoms with van der Waals surface area (Å²) < 4.78 is 1.41. The molecule has 2 amide bonds. The van der Waals surface area contributed by atoms with Crippen molar-refractivity contribution in [3.05, 3.63) is 42.2 Å². The number of carbonyl (C=O) groups excluding carboxylic acids is 2. The predicted molar refractivity (Wildman–Crippen MR) is 89.1 cm³/mol. The molecule has 0 aliphatic carbocycles. The van der Waals surface area contributed by atoms with Crippen LogP contribution < -0.4 is 5.32 Å². The summed E-state index contributed by atoms with van der Waals surface area (Å²) in [6.07, 6.45) is 1.42. The minimum absolute atomic E-state index is 0.00248. The third-order valence-electron chi connectivity index (χ3n) is 4.11. The van der Waals surface area contributed by atoms with E-state index >= 15 is 0 Å². The molecule has 1 aromatic heterocycles. The Balaban J connectivity index is 1.37. The van der Waals surface area contributed by atoms with Crippen LogP contribution in [0.25, 0.3) is 0 Å². The average molecular weight is 343 g/mol. The van der Waals surface area contributed by atoms with Gasteiger partial charge in [0.25, 0.3) is 0 Å². The van der Waals surface area contributed by atoms with Gasteiger partial charge in [0.05, 0.1) is 6.54 Å². The number of benzene rings is 1. The van der Waals surface area contributed by atoms with Gasteiger partial charge in [-0.15, -0.1) is 5.10 Å². The van der Waals surface area contributed by atoms with Crippen LogP contribution in [0.2, 0.25) is 0 Å². The maximum atomic E-state index is 12.2.